The van der Waals surface area contributed by atoms with Crippen molar-refractivity contribution < 1.29 is 14.0 Å². The number of benzene rings is 1. The molecule has 1 unspecified atom stereocenters. The van der Waals surface area contributed by atoms with Gasteiger partial charge in [-0.25, -0.2) is 0 Å². The van der Waals surface area contributed by atoms with E-state index in [-0.39, 0.29) is 24.0 Å². The number of nitrogens with one attached hydrogen (secondary N) is 2. The third kappa shape index (κ3) is 6.69. The van der Waals surface area contributed by atoms with Gasteiger partial charge >= 0.3 is 0 Å². The fraction of sp³-hybridized carbons (Fsp3) is 0.474. The molecule has 1 aromatic heterocycles. The van der Waals surface area contributed by atoms with Gasteiger partial charge in [0.05, 0.1) is 19.8 Å². The van der Waals surface area contributed by atoms with Gasteiger partial charge in [-0.15, -0.1) is 24.0 Å². The molecule has 27 heavy (non-hydrogen) atoms. The zero-order valence-corrected chi connectivity index (χ0v) is 18.1. The molecule has 0 saturated carbocycles. The first-order chi connectivity index (χ1) is 12.7. The Morgan fingerprint density at radius 2 is 2.15 bits per heavy atom. The van der Waals surface area contributed by atoms with Crippen LogP contribution in [0.2, 0.25) is 0 Å². The van der Waals surface area contributed by atoms with E-state index in [1.807, 2.05) is 6.07 Å². The lowest BCUT2D eigenvalue weighted by molar-refractivity contribution is 0.166. The van der Waals surface area contributed by atoms with Gasteiger partial charge in [-0.2, -0.15) is 0 Å². The van der Waals surface area contributed by atoms with Crippen LogP contribution in [0, 0.1) is 12.8 Å². The van der Waals surface area contributed by atoms with Crippen LogP contribution in [0.15, 0.2) is 40.0 Å². The van der Waals surface area contributed by atoms with Gasteiger partial charge in [-0.3, -0.25) is 4.99 Å². The number of halogens is 1. The van der Waals surface area contributed by atoms with Crippen LogP contribution in [-0.4, -0.2) is 38.0 Å². The second-order valence-electron chi connectivity index (χ2n) is 6.42. The van der Waals surface area contributed by atoms with E-state index in [2.05, 4.69) is 45.9 Å². The molecule has 2 heterocycles. The van der Waals surface area contributed by atoms with Crippen LogP contribution in [0.3, 0.4) is 0 Å². The van der Waals surface area contributed by atoms with Crippen molar-refractivity contribution in [2.24, 2.45) is 10.9 Å². The van der Waals surface area contributed by atoms with Crippen molar-refractivity contribution in [1.82, 2.24) is 15.8 Å². The Bertz CT molecular complexity index is 716. The van der Waals surface area contributed by atoms with E-state index in [4.69, 9.17) is 14.0 Å². The fourth-order valence-electron chi connectivity index (χ4n) is 2.77. The van der Waals surface area contributed by atoms with Crippen LogP contribution in [0.4, 0.5) is 0 Å². The van der Waals surface area contributed by atoms with Crippen molar-refractivity contribution in [3.05, 3.63) is 47.3 Å². The van der Waals surface area contributed by atoms with E-state index in [0.29, 0.717) is 31.6 Å². The molecule has 148 valence electrons. The summed E-state index contributed by atoms with van der Waals surface area (Å²) in [6, 6.07) is 8.08. The van der Waals surface area contributed by atoms with E-state index >= 15 is 0 Å². The molecule has 3 rings (SSSR count). The molecule has 1 aromatic carbocycles. The number of aliphatic imine (C=N–C) groups is 1. The minimum Gasteiger partial charge on any atom is -0.493 e. The van der Waals surface area contributed by atoms with Gasteiger partial charge in [-0.1, -0.05) is 17.3 Å². The Morgan fingerprint density at radius 3 is 2.85 bits per heavy atom. The highest BCUT2D eigenvalue weighted by Crippen LogP contribution is 2.22. The van der Waals surface area contributed by atoms with Crippen molar-refractivity contribution in [1.29, 1.82) is 0 Å². The average Bonchev–Trinajstić information content (AvgIpc) is 3.35. The maximum Gasteiger partial charge on any atom is 0.191 e. The number of hydrogen-bond donors (Lipinski definition) is 2. The lowest BCUT2D eigenvalue weighted by Gasteiger charge is -2.16. The second-order valence-corrected chi connectivity index (χ2v) is 6.42. The monoisotopic (exact) mass is 486 g/mol. The normalized spacial score (nSPS) is 16.7. The first kappa shape index (κ1) is 21.5. The van der Waals surface area contributed by atoms with E-state index < -0.39 is 0 Å². The van der Waals surface area contributed by atoms with Crippen molar-refractivity contribution in [2.45, 2.75) is 26.4 Å². The van der Waals surface area contributed by atoms with Gasteiger partial charge < -0.3 is 24.6 Å². The number of guanidine groups is 1. The Kier molecular flexibility index (Phi) is 8.86. The van der Waals surface area contributed by atoms with Crippen LogP contribution < -0.4 is 15.4 Å². The zero-order chi connectivity index (χ0) is 18.2. The first-order valence-corrected chi connectivity index (χ1v) is 8.88. The molecule has 2 aromatic rings. The van der Waals surface area contributed by atoms with E-state index in [1.165, 1.54) is 5.56 Å². The Labute approximate surface area is 176 Å². The van der Waals surface area contributed by atoms with Crippen LogP contribution in [0.25, 0.3) is 0 Å². The minimum atomic E-state index is 0. The molecule has 2 N–H and O–H groups in total. The summed E-state index contributed by atoms with van der Waals surface area (Å²) in [5.41, 5.74) is 3.10. The molecule has 1 aliphatic rings. The molecule has 0 aliphatic carbocycles. The SMILES string of the molecule is CN=C(NCc1ccon1)NCc1ccc(C)cc1OCC1CCOC1.I. The van der Waals surface area contributed by atoms with Crippen LogP contribution >= 0.6 is 24.0 Å². The van der Waals surface area contributed by atoms with Gasteiger partial charge in [0, 0.05) is 37.7 Å². The molecule has 0 amide bonds. The second kappa shape index (κ2) is 11.1. The Hall–Kier alpha value is -1.81. The van der Waals surface area contributed by atoms with Gasteiger partial charge in [0.25, 0.3) is 0 Å². The highest BCUT2D eigenvalue weighted by atomic mass is 127. The minimum absolute atomic E-state index is 0. The van der Waals surface area contributed by atoms with E-state index in [0.717, 1.165) is 36.6 Å². The average molecular weight is 486 g/mol. The maximum absolute atomic E-state index is 6.08. The predicted octanol–water partition coefficient (Wildman–Crippen LogP) is 2.88. The summed E-state index contributed by atoms with van der Waals surface area (Å²) < 4.78 is 16.3. The zero-order valence-electron chi connectivity index (χ0n) is 15.7. The molecule has 0 bridgehead atoms. The van der Waals surface area contributed by atoms with Crippen LogP contribution in [0.5, 0.6) is 5.75 Å². The van der Waals surface area contributed by atoms with Crippen LogP contribution in [-0.2, 0) is 17.8 Å². The molecule has 0 radical (unpaired) electrons. The number of hydrogen-bond acceptors (Lipinski definition) is 5. The smallest absolute Gasteiger partial charge is 0.191 e. The Morgan fingerprint density at radius 1 is 1.30 bits per heavy atom. The molecule has 1 aliphatic heterocycles. The third-order valence-corrected chi connectivity index (χ3v) is 4.32. The largest absolute Gasteiger partial charge is 0.493 e. The van der Waals surface area contributed by atoms with Crippen molar-refractivity contribution in [2.75, 3.05) is 26.9 Å². The summed E-state index contributed by atoms with van der Waals surface area (Å²) >= 11 is 0. The molecular weight excluding hydrogens is 459 g/mol. The molecule has 8 heteroatoms. The molecular formula is C19H27IN4O3. The quantitative estimate of drug-likeness (QED) is 0.356. The van der Waals surface area contributed by atoms with Gasteiger partial charge in [0.1, 0.15) is 17.7 Å². The highest BCUT2D eigenvalue weighted by Gasteiger charge is 2.17. The number of rotatable bonds is 7. The molecule has 1 atom stereocenters. The highest BCUT2D eigenvalue weighted by molar-refractivity contribution is 14.0. The molecule has 7 nitrogen and oxygen atoms in total. The Balaban J connectivity index is 0.00000261. The summed E-state index contributed by atoms with van der Waals surface area (Å²) in [5, 5.41) is 10.4. The van der Waals surface area contributed by atoms with Gasteiger partial charge in [0.15, 0.2) is 5.96 Å². The summed E-state index contributed by atoms with van der Waals surface area (Å²) in [5.74, 6) is 2.09. The van der Waals surface area contributed by atoms with Crippen molar-refractivity contribution >= 4 is 29.9 Å². The van der Waals surface area contributed by atoms with Gasteiger partial charge in [-0.05, 0) is 25.0 Å². The molecule has 1 saturated heterocycles. The summed E-state index contributed by atoms with van der Waals surface area (Å²) in [6.07, 6.45) is 2.62. The van der Waals surface area contributed by atoms with E-state index in [1.54, 1.807) is 13.3 Å². The molecule has 0 spiro atoms. The summed E-state index contributed by atoms with van der Waals surface area (Å²) in [7, 11) is 1.74. The number of ether oxygens (including phenoxy) is 2. The third-order valence-electron chi connectivity index (χ3n) is 4.32. The lowest BCUT2D eigenvalue weighted by Crippen LogP contribution is -2.36. The van der Waals surface area contributed by atoms with Gasteiger partial charge in [0.2, 0.25) is 0 Å². The maximum atomic E-state index is 6.08. The van der Waals surface area contributed by atoms with Crippen molar-refractivity contribution in [3.8, 4) is 5.75 Å². The number of nitrogens with zero attached hydrogens (tertiary/aromatic N) is 2. The standard InChI is InChI=1S/C19H26N4O3.HI/c1-14-3-4-16(18(9-14)25-13-15-5-7-24-12-15)10-21-19(20-2)22-11-17-6-8-26-23-17;/h3-4,6,8-9,15H,5,7,10-13H2,1-2H3,(H2,20,21,22);1H. The fourth-order valence-corrected chi connectivity index (χ4v) is 2.77. The first-order valence-electron chi connectivity index (χ1n) is 8.88. The number of aromatic nitrogens is 1. The predicted molar refractivity (Wildman–Crippen MR) is 115 cm³/mol. The number of aryl methyl sites for hydroxylation is 1. The lowest BCUT2D eigenvalue weighted by atomic mass is 10.1. The summed E-state index contributed by atoms with van der Waals surface area (Å²) in [6.45, 7) is 5.56. The summed E-state index contributed by atoms with van der Waals surface area (Å²) in [4.78, 5) is 4.24. The van der Waals surface area contributed by atoms with Crippen molar-refractivity contribution in [3.63, 3.8) is 0 Å². The van der Waals surface area contributed by atoms with Crippen LogP contribution in [0.1, 0.15) is 23.2 Å². The topological polar surface area (TPSA) is 80.9 Å². The van der Waals surface area contributed by atoms with E-state index in [9.17, 15) is 0 Å². The molecule has 1 fully saturated rings.